The fourth-order valence-electron chi connectivity index (χ4n) is 2.39. The molecule has 15 heavy (non-hydrogen) atoms. The summed E-state index contributed by atoms with van der Waals surface area (Å²) in [7, 11) is 4.28. The number of hydrogen-bond acceptors (Lipinski definition) is 3. The van der Waals surface area contributed by atoms with Crippen molar-refractivity contribution in [3.05, 3.63) is 0 Å². The lowest BCUT2D eigenvalue weighted by Crippen LogP contribution is -2.46. The SMILES string of the molecule is CNCC(C(C)C)N1CCCN(C)CC1. The zero-order chi connectivity index (χ0) is 11.3. The highest BCUT2D eigenvalue weighted by Crippen LogP contribution is 2.12. The molecule has 90 valence electrons. The molecular weight excluding hydrogens is 186 g/mol. The number of likely N-dealkylation sites (N-methyl/N-ethyl adjacent to an activating group) is 2. The fourth-order valence-corrected chi connectivity index (χ4v) is 2.39. The van der Waals surface area contributed by atoms with Crippen molar-refractivity contribution in [2.24, 2.45) is 5.92 Å². The summed E-state index contributed by atoms with van der Waals surface area (Å²) in [5, 5.41) is 3.32. The second kappa shape index (κ2) is 6.46. The van der Waals surface area contributed by atoms with E-state index in [0.717, 1.165) is 12.5 Å². The zero-order valence-corrected chi connectivity index (χ0v) is 10.8. The Morgan fingerprint density at radius 3 is 2.47 bits per heavy atom. The van der Waals surface area contributed by atoms with E-state index in [1.54, 1.807) is 0 Å². The van der Waals surface area contributed by atoms with Crippen molar-refractivity contribution in [1.29, 1.82) is 0 Å². The van der Waals surface area contributed by atoms with E-state index in [4.69, 9.17) is 0 Å². The maximum absolute atomic E-state index is 3.32. The second-order valence-corrected chi connectivity index (χ2v) is 5.06. The van der Waals surface area contributed by atoms with Crippen molar-refractivity contribution < 1.29 is 0 Å². The summed E-state index contributed by atoms with van der Waals surface area (Å²) in [5.41, 5.74) is 0. The normalized spacial score (nSPS) is 23.0. The van der Waals surface area contributed by atoms with Gasteiger partial charge in [-0.05, 0) is 39.5 Å². The van der Waals surface area contributed by atoms with Gasteiger partial charge in [-0.1, -0.05) is 13.8 Å². The minimum atomic E-state index is 0.696. The second-order valence-electron chi connectivity index (χ2n) is 5.06. The molecule has 0 aliphatic carbocycles. The topological polar surface area (TPSA) is 18.5 Å². The van der Waals surface area contributed by atoms with E-state index >= 15 is 0 Å². The average molecular weight is 213 g/mol. The van der Waals surface area contributed by atoms with Crippen LogP contribution in [-0.4, -0.2) is 62.7 Å². The van der Waals surface area contributed by atoms with Gasteiger partial charge < -0.3 is 10.2 Å². The van der Waals surface area contributed by atoms with Crippen LogP contribution in [0.1, 0.15) is 20.3 Å². The van der Waals surface area contributed by atoms with Gasteiger partial charge in [0, 0.05) is 25.7 Å². The third-order valence-corrected chi connectivity index (χ3v) is 3.41. The van der Waals surface area contributed by atoms with Crippen LogP contribution in [0.25, 0.3) is 0 Å². The van der Waals surface area contributed by atoms with Crippen molar-refractivity contribution in [2.75, 3.05) is 46.8 Å². The Morgan fingerprint density at radius 1 is 1.13 bits per heavy atom. The summed E-state index contributed by atoms with van der Waals surface area (Å²) in [6.07, 6.45) is 1.31. The number of nitrogens with zero attached hydrogens (tertiary/aromatic N) is 2. The molecule has 0 radical (unpaired) electrons. The Hall–Kier alpha value is -0.120. The fraction of sp³-hybridized carbons (Fsp3) is 1.00. The molecule has 0 spiro atoms. The molecule has 0 aromatic rings. The first-order chi connectivity index (χ1) is 7.15. The van der Waals surface area contributed by atoms with Crippen LogP contribution in [0.2, 0.25) is 0 Å². The molecule has 1 unspecified atom stereocenters. The lowest BCUT2D eigenvalue weighted by atomic mass is 10.0. The molecular formula is C12H27N3. The van der Waals surface area contributed by atoms with Crippen molar-refractivity contribution in [2.45, 2.75) is 26.3 Å². The Morgan fingerprint density at radius 2 is 1.87 bits per heavy atom. The van der Waals surface area contributed by atoms with E-state index in [1.165, 1.54) is 32.6 Å². The maximum atomic E-state index is 3.32. The average Bonchev–Trinajstić information content (AvgIpc) is 2.39. The van der Waals surface area contributed by atoms with E-state index in [0.29, 0.717) is 6.04 Å². The predicted molar refractivity (Wildman–Crippen MR) is 66.2 cm³/mol. The number of hydrogen-bond donors (Lipinski definition) is 1. The van der Waals surface area contributed by atoms with E-state index in [9.17, 15) is 0 Å². The van der Waals surface area contributed by atoms with Crippen molar-refractivity contribution in [3.63, 3.8) is 0 Å². The molecule has 0 bridgehead atoms. The lowest BCUT2D eigenvalue weighted by molar-refractivity contribution is 0.159. The van der Waals surface area contributed by atoms with Crippen LogP contribution in [-0.2, 0) is 0 Å². The van der Waals surface area contributed by atoms with E-state index in [1.807, 2.05) is 0 Å². The smallest absolute Gasteiger partial charge is 0.0244 e. The summed E-state index contributed by atoms with van der Waals surface area (Å²) in [4.78, 5) is 5.10. The standard InChI is InChI=1S/C12H27N3/c1-11(2)12(10-13-3)15-7-5-6-14(4)8-9-15/h11-13H,5-10H2,1-4H3. The number of rotatable bonds is 4. The molecule has 3 nitrogen and oxygen atoms in total. The van der Waals surface area contributed by atoms with Gasteiger partial charge in [-0.25, -0.2) is 0 Å². The third kappa shape index (κ3) is 4.09. The van der Waals surface area contributed by atoms with E-state index in [2.05, 4.69) is 43.1 Å². The first-order valence-electron chi connectivity index (χ1n) is 6.22. The van der Waals surface area contributed by atoms with Gasteiger partial charge in [-0.15, -0.1) is 0 Å². The largest absolute Gasteiger partial charge is 0.318 e. The van der Waals surface area contributed by atoms with Crippen LogP contribution in [0, 0.1) is 5.92 Å². The van der Waals surface area contributed by atoms with E-state index < -0.39 is 0 Å². The summed E-state index contributed by atoms with van der Waals surface area (Å²) in [5.74, 6) is 0.737. The van der Waals surface area contributed by atoms with Crippen LogP contribution in [0.4, 0.5) is 0 Å². The molecule has 1 fully saturated rings. The van der Waals surface area contributed by atoms with Crippen molar-refractivity contribution in [1.82, 2.24) is 15.1 Å². The number of nitrogens with one attached hydrogen (secondary N) is 1. The molecule has 0 saturated carbocycles. The molecule has 1 heterocycles. The molecule has 1 aliphatic heterocycles. The first-order valence-corrected chi connectivity index (χ1v) is 6.22. The Kier molecular flexibility index (Phi) is 5.58. The molecule has 1 N–H and O–H groups in total. The van der Waals surface area contributed by atoms with Crippen LogP contribution < -0.4 is 5.32 Å². The third-order valence-electron chi connectivity index (χ3n) is 3.41. The maximum Gasteiger partial charge on any atom is 0.0244 e. The predicted octanol–water partition coefficient (Wildman–Crippen LogP) is 0.868. The summed E-state index contributed by atoms with van der Waals surface area (Å²) < 4.78 is 0. The highest BCUT2D eigenvalue weighted by Gasteiger charge is 2.22. The monoisotopic (exact) mass is 213 g/mol. The summed E-state index contributed by atoms with van der Waals surface area (Å²) in [6.45, 7) is 10.7. The van der Waals surface area contributed by atoms with Crippen LogP contribution >= 0.6 is 0 Å². The molecule has 0 aromatic heterocycles. The van der Waals surface area contributed by atoms with Gasteiger partial charge in [0.2, 0.25) is 0 Å². The molecule has 0 aromatic carbocycles. The van der Waals surface area contributed by atoms with Gasteiger partial charge in [0.1, 0.15) is 0 Å². The first kappa shape index (κ1) is 12.9. The Balaban J connectivity index is 2.50. The van der Waals surface area contributed by atoms with Gasteiger partial charge in [0.05, 0.1) is 0 Å². The van der Waals surface area contributed by atoms with Crippen molar-refractivity contribution >= 4 is 0 Å². The van der Waals surface area contributed by atoms with E-state index in [-0.39, 0.29) is 0 Å². The molecule has 1 aliphatic rings. The van der Waals surface area contributed by atoms with Gasteiger partial charge in [-0.3, -0.25) is 4.90 Å². The molecule has 1 atom stereocenters. The van der Waals surface area contributed by atoms with Crippen LogP contribution in [0.15, 0.2) is 0 Å². The van der Waals surface area contributed by atoms with Gasteiger partial charge in [0.15, 0.2) is 0 Å². The summed E-state index contributed by atoms with van der Waals surface area (Å²) >= 11 is 0. The Labute approximate surface area is 94.8 Å². The molecule has 1 saturated heterocycles. The van der Waals surface area contributed by atoms with Gasteiger partial charge >= 0.3 is 0 Å². The van der Waals surface area contributed by atoms with Gasteiger partial charge in [-0.2, -0.15) is 0 Å². The minimum absolute atomic E-state index is 0.696. The van der Waals surface area contributed by atoms with Crippen LogP contribution in [0.3, 0.4) is 0 Å². The van der Waals surface area contributed by atoms with Crippen LogP contribution in [0.5, 0.6) is 0 Å². The van der Waals surface area contributed by atoms with Crippen molar-refractivity contribution in [3.8, 4) is 0 Å². The molecule has 1 rings (SSSR count). The minimum Gasteiger partial charge on any atom is -0.318 e. The quantitative estimate of drug-likeness (QED) is 0.747. The highest BCUT2D eigenvalue weighted by molar-refractivity contribution is 4.79. The summed E-state index contributed by atoms with van der Waals surface area (Å²) in [6, 6.07) is 0.696. The Bertz CT molecular complexity index is 170. The molecule has 0 amide bonds. The molecule has 3 heteroatoms. The highest BCUT2D eigenvalue weighted by atomic mass is 15.2. The van der Waals surface area contributed by atoms with Gasteiger partial charge in [0.25, 0.3) is 0 Å². The zero-order valence-electron chi connectivity index (χ0n) is 10.8. The lowest BCUT2D eigenvalue weighted by Gasteiger charge is -2.33.